The molecule has 158 valence electrons. The van der Waals surface area contributed by atoms with Gasteiger partial charge in [-0.15, -0.1) is 0 Å². The number of carbonyl (C=O) groups excluding carboxylic acids is 2. The topological polar surface area (TPSA) is 64.6 Å². The van der Waals surface area contributed by atoms with Gasteiger partial charge in [-0.3, -0.25) is 4.79 Å². The molecule has 1 aliphatic carbocycles. The fraction of sp³-hybridized carbons (Fsp3) is 0.524. The van der Waals surface area contributed by atoms with Crippen LogP contribution in [0.3, 0.4) is 0 Å². The van der Waals surface area contributed by atoms with Gasteiger partial charge in [0.05, 0.1) is 12.0 Å². The van der Waals surface area contributed by atoms with Crippen LogP contribution in [0.5, 0.6) is 0 Å². The molecule has 29 heavy (non-hydrogen) atoms. The van der Waals surface area contributed by atoms with Gasteiger partial charge in [-0.05, 0) is 49.8 Å². The Morgan fingerprint density at radius 1 is 1.17 bits per heavy atom. The molecule has 0 radical (unpaired) electrons. The maximum atomic E-state index is 12.8. The summed E-state index contributed by atoms with van der Waals surface area (Å²) in [6.07, 6.45) is -1.32. The monoisotopic (exact) mass is 411 g/mol. The summed E-state index contributed by atoms with van der Waals surface area (Å²) >= 11 is 0. The number of alkyl halides is 3. The summed E-state index contributed by atoms with van der Waals surface area (Å²) in [6.45, 7) is 4.84. The minimum absolute atomic E-state index is 0.0187. The number of carbonyl (C=O) groups is 2. The van der Waals surface area contributed by atoms with Crippen molar-refractivity contribution >= 4 is 11.9 Å². The fourth-order valence-electron chi connectivity index (χ4n) is 3.55. The third-order valence-electron chi connectivity index (χ3n) is 5.44. The molecule has 0 bridgehead atoms. The highest BCUT2D eigenvalue weighted by Gasteiger charge is 2.43. The van der Waals surface area contributed by atoms with E-state index in [0.717, 1.165) is 31.4 Å². The van der Waals surface area contributed by atoms with Gasteiger partial charge in [0, 0.05) is 24.8 Å². The molecule has 5 nitrogen and oxygen atoms in total. The summed E-state index contributed by atoms with van der Waals surface area (Å²) in [4.78, 5) is 24.6. The molecule has 1 aromatic carbocycles. The molecule has 1 aliphatic heterocycles. The molecule has 0 aromatic heterocycles. The lowest BCUT2D eigenvalue weighted by molar-refractivity contribution is -0.167. The summed E-state index contributed by atoms with van der Waals surface area (Å²) < 4.78 is 49.2. The molecule has 0 spiro atoms. The van der Waals surface area contributed by atoms with Gasteiger partial charge in [0.2, 0.25) is 5.91 Å². The first-order valence-corrected chi connectivity index (χ1v) is 9.66. The van der Waals surface area contributed by atoms with E-state index >= 15 is 0 Å². The van der Waals surface area contributed by atoms with Crippen LogP contribution in [0, 0.1) is 0 Å². The standard InChI is InChI=1S/C21H24F3NO4/c1-14(13-18(26)25-17-7-11-28-12-8-17)19(27)29-20(9-2-10-20)15-3-5-16(6-4-15)21(22,23)24/h3-6,17H,1-2,7-13H2,(H,25,26). The number of esters is 1. The number of nitrogens with one attached hydrogen (secondary N) is 1. The van der Waals surface area contributed by atoms with E-state index in [1.54, 1.807) is 0 Å². The molecular weight excluding hydrogens is 387 g/mol. The Kier molecular flexibility index (Phi) is 6.31. The smallest absolute Gasteiger partial charge is 0.416 e. The highest BCUT2D eigenvalue weighted by Crippen LogP contribution is 2.46. The van der Waals surface area contributed by atoms with Gasteiger partial charge < -0.3 is 14.8 Å². The molecule has 0 unspecified atom stereocenters. The first-order chi connectivity index (χ1) is 13.7. The molecule has 0 atom stereocenters. The lowest BCUT2D eigenvalue weighted by atomic mass is 9.74. The van der Waals surface area contributed by atoms with E-state index in [1.807, 2.05) is 0 Å². The molecule has 1 saturated heterocycles. The largest absolute Gasteiger partial charge is 0.451 e. The number of hydrogen-bond acceptors (Lipinski definition) is 4. The Hall–Kier alpha value is -2.35. The zero-order chi connectivity index (χ0) is 21.1. The third-order valence-corrected chi connectivity index (χ3v) is 5.44. The van der Waals surface area contributed by atoms with E-state index in [0.29, 0.717) is 31.6 Å². The Morgan fingerprint density at radius 2 is 1.79 bits per heavy atom. The van der Waals surface area contributed by atoms with E-state index in [2.05, 4.69) is 11.9 Å². The van der Waals surface area contributed by atoms with Crippen LogP contribution in [0.4, 0.5) is 13.2 Å². The van der Waals surface area contributed by atoms with Crippen LogP contribution in [0.15, 0.2) is 36.4 Å². The van der Waals surface area contributed by atoms with Crippen molar-refractivity contribution in [1.29, 1.82) is 0 Å². The highest BCUT2D eigenvalue weighted by atomic mass is 19.4. The quantitative estimate of drug-likeness (QED) is 0.570. The molecule has 8 heteroatoms. The van der Waals surface area contributed by atoms with Crippen LogP contribution in [0.1, 0.15) is 49.7 Å². The maximum Gasteiger partial charge on any atom is 0.416 e. The molecule has 1 heterocycles. The maximum absolute atomic E-state index is 12.8. The zero-order valence-corrected chi connectivity index (χ0v) is 16.0. The van der Waals surface area contributed by atoms with Crippen LogP contribution in [-0.4, -0.2) is 31.1 Å². The molecule has 3 rings (SSSR count). The number of halogens is 3. The number of hydrogen-bond donors (Lipinski definition) is 1. The van der Waals surface area contributed by atoms with Gasteiger partial charge in [0.1, 0.15) is 5.60 Å². The normalized spacial score (nSPS) is 19.1. The van der Waals surface area contributed by atoms with E-state index in [1.165, 1.54) is 12.1 Å². The average molecular weight is 411 g/mol. The van der Waals surface area contributed by atoms with Crippen LogP contribution in [0.2, 0.25) is 0 Å². The number of amides is 1. The van der Waals surface area contributed by atoms with Gasteiger partial charge in [-0.1, -0.05) is 18.7 Å². The van der Waals surface area contributed by atoms with Crippen molar-refractivity contribution in [2.75, 3.05) is 13.2 Å². The Bertz CT molecular complexity index is 763. The molecule has 1 saturated carbocycles. The summed E-state index contributed by atoms with van der Waals surface area (Å²) in [5.74, 6) is -1.01. The summed E-state index contributed by atoms with van der Waals surface area (Å²) in [7, 11) is 0. The van der Waals surface area contributed by atoms with E-state index in [4.69, 9.17) is 9.47 Å². The minimum atomic E-state index is -4.42. The molecule has 2 aliphatic rings. The Balaban J connectivity index is 1.58. The molecule has 1 aromatic rings. The molecule has 1 amide bonds. The van der Waals surface area contributed by atoms with Gasteiger partial charge in [0.25, 0.3) is 0 Å². The van der Waals surface area contributed by atoms with Gasteiger partial charge in [-0.2, -0.15) is 13.2 Å². The second kappa shape index (κ2) is 8.57. The van der Waals surface area contributed by atoms with Crippen LogP contribution < -0.4 is 5.32 Å². The first kappa shape index (κ1) is 21.4. The predicted octanol–water partition coefficient (Wildman–Crippen LogP) is 3.87. The van der Waals surface area contributed by atoms with Gasteiger partial charge >= 0.3 is 12.1 Å². The number of benzene rings is 1. The van der Waals surface area contributed by atoms with Crippen LogP contribution in [0.25, 0.3) is 0 Å². The summed E-state index contributed by atoms with van der Waals surface area (Å²) in [5.41, 5.74) is -1.17. The average Bonchev–Trinajstić information content (AvgIpc) is 2.64. The third kappa shape index (κ3) is 5.18. The van der Waals surface area contributed by atoms with Gasteiger partial charge in [-0.25, -0.2) is 4.79 Å². The van der Waals surface area contributed by atoms with Crippen molar-refractivity contribution in [3.8, 4) is 0 Å². The zero-order valence-electron chi connectivity index (χ0n) is 16.0. The first-order valence-electron chi connectivity index (χ1n) is 9.66. The van der Waals surface area contributed by atoms with Crippen molar-refractivity contribution in [3.05, 3.63) is 47.5 Å². The van der Waals surface area contributed by atoms with Crippen molar-refractivity contribution in [2.45, 2.75) is 56.3 Å². The second-order valence-corrected chi connectivity index (χ2v) is 7.55. The SMILES string of the molecule is C=C(CC(=O)NC1CCOCC1)C(=O)OC1(c2ccc(C(F)(F)F)cc2)CCC1. The van der Waals surface area contributed by atoms with Crippen molar-refractivity contribution < 1.29 is 32.2 Å². The lowest BCUT2D eigenvalue weighted by Crippen LogP contribution is -2.41. The molecule has 1 N–H and O–H groups in total. The fourth-order valence-corrected chi connectivity index (χ4v) is 3.55. The van der Waals surface area contributed by atoms with Crippen LogP contribution in [-0.2, 0) is 30.8 Å². The second-order valence-electron chi connectivity index (χ2n) is 7.55. The van der Waals surface area contributed by atoms with Crippen LogP contribution >= 0.6 is 0 Å². The predicted molar refractivity (Wildman–Crippen MR) is 98.8 cm³/mol. The summed E-state index contributed by atoms with van der Waals surface area (Å²) in [6, 6.07) is 4.68. The van der Waals surface area contributed by atoms with E-state index in [9.17, 15) is 22.8 Å². The van der Waals surface area contributed by atoms with Crippen molar-refractivity contribution in [1.82, 2.24) is 5.32 Å². The minimum Gasteiger partial charge on any atom is -0.451 e. The Morgan fingerprint density at radius 3 is 2.31 bits per heavy atom. The van der Waals surface area contributed by atoms with Crippen molar-refractivity contribution in [3.63, 3.8) is 0 Å². The molecule has 2 fully saturated rings. The summed E-state index contributed by atoms with van der Waals surface area (Å²) in [5, 5.41) is 2.85. The molecular formula is C21H24F3NO4. The lowest BCUT2D eigenvalue weighted by Gasteiger charge is -2.41. The van der Waals surface area contributed by atoms with Gasteiger partial charge in [0.15, 0.2) is 0 Å². The van der Waals surface area contributed by atoms with Crippen molar-refractivity contribution in [2.24, 2.45) is 0 Å². The Labute approximate surface area is 167 Å². The number of ether oxygens (including phenoxy) is 2. The van der Waals surface area contributed by atoms with E-state index in [-0.39, 0.29) is 23.9 Å². The highest BCUT2D eigenvalue weighted by molar-refractivity contribution is 5.95. The number of rotatable bonds is 6. The van der Waals surface area contributed by atoms with E-state index < -0.39 is 23.3 Å².